The van der Waals surface area contributed by atoms with E-state index in [9.17, 15) is 14.4 Å². The van der Waals surface area contributed by atoms with Crippen molar-refractivity contribution in [3.63, 3.8) is 0 Å². The van der Waals surface area contributed by atoms with Gasteiger partial charge in [-0.1, -0.05) is 141 Å². The maximum atomic E-state index is 13.8. The summed E-state index contributed by atoms with van der Waals surface area (Å²) in [6.45, 7) is 19.5. The standard InChI is InChI=1S/C53H63ClN2O6/c1-10-52(6,7)39-23-30-46(43(33-39)53(8,9)11-2)60-31-15-18-47(57)55-40-24-29-44(54)45(34-40)56-50(59)48(49(58)51(3,4)5)62-42-27-21-37(22-28-42)32-36-19-25-41(26-20-36)61-35-38-16-13-12-14-17-38/h12-14,16-17,19-30,33-34,48H,10-11,15,18,31-32,35H2,1-9H3,(H,55,57)(H,56,59). The fraction of sp³-hybridized carbons (Fsp3) is 0.377. The first-order valence-corrected chi connectivity index (χ1v) is 22.0. The van der Waals surface area contributed by atoms with Crippen molar-refractivity contribution in [3.8, 4) is 17.2 Å². The molecule has 0 saturated carbocycles. The molecule has 0 aromatic heterocycles. The number of carbonyl (C=O) groups excluding carboxylic acids is 3. The van der Waals surface area contributed by atoms with Gasteiger partial charge in [0.1, 0.15) is 23.9 Å². The number of carbonyl (C=O) groups is 3. The first-order chi connectivity index (χ1) is 29.4. The van der Waals surface area contributed by atoms with Crippen LogP contribution in [0.3, 0.4) is 0 Å². The third-order valence-corrected chi connectivity index (χ3v) is 11.9. The van der Waals surface area contributed by atoms with E-state index in [1.807, 2.05) is 66.7 Å². The smallest absolute Gasteiger partial charge is 0.273 e. The van der Waals surface area contributed by atoms with Gasteiger partial charge in [-0.2, -0.15) is 0 Å². The predicted octanol–water partition coefficient (Wildman–Crippen LogP) is 12.7. The minimum absolute atomic E-state index is 0.0574. The second kappa shape index (κ2) is 21.0. The molecule has 0 aliphatic carbocycles. The average molecular weight is 860 g/mol. The van der Waals surface area contributed by atoms with Gasteiger partial charge < -0.3 is 24.8 Å². The van der Waals surface area contributed by atoms with Crippen LogP contribution >= 0.6 is 11.6 Å². The molecular formula is C53H63ClN2O6. The molecule has 0 saturated heterocycles. The van der Waals surface area contributed by atoms with E-state index in [0.29, 0.717) is 37.5 Å². The first-order valence-electron chi connectivity index (χ1n) is 21.6. The third-order valence-electron chi connectivity index (χ3n) is 11.5. The molecule has 0 heterocycles. The normalized spacial score (nSPS) is 12.3. The molecule has 328 valence electrons. The van der Waals surface area contributed by atoms with E-state index >= 15 is 0 Å². The van der Waals surface area contributed by atoms with E-state index in [-0.39, 0.29) is 33.9 Å². The van der Waals surface area contributed by atoms with Crippen LogP contribution in [0.15, 0.2) is 115 Å². The van der Waals surface area contributed by atoms with Gasteiger partial charge in [0.2, 0.25) is 12.0 Å². The summed E-state index contributed by atoms with van der Waals surface area (Å²) in [4.78, 5) is 40.5. The lowest BCUT2D eigenvalue weighted by Gasteiger charge is -2.30. The largest absolute Gasteiger partial charge is 0.493 e. The summed E-state index contributed by atoms with van der Waals surface area (Å²) in [5.74, 6) is 0.724. The Morgan fingerprint density at radius 1 is 0.661 bits per heavy atom. The Hall–Kier alpha value is -5.60. The highest BCUT2D eigenvalue weighted by Gasteiger charge is 2.37. The van der Waals surface area contributed by atoms with Crippen LogP contribution in [-0.2, 0) is 38.2 Å². The van der Waals surface area contributed by atoms with Crippen molar-refractivity contribution < 1.29 is 28.6 Å². The quantitative estimate of drug-likeness (QED) is 0.0597. The molecule has 1 unspecified atom stereocenters. The molecule has 0 bridgehead atoms. The van der Waals surface area contributed by atoms with Crippen molar-refractivity contribution in [1.29, 1.82) is 0 Å². The van der Waals surface area contributed by atoms with Crippen molar-refractivity contribution in [1.82, 2.24) is 0 Å². The fourth-order valence-corrected chi connectivity index (χ4v) is 6.82. The molecule has 5 rings (SSSR count). The summed E-state index contributed by atoms with van der Waals surface area (Å²) >= 11 is 6.53. The number of hydrogen-bond donors (Lipinski definition) is 2. The van der Waals surface area contributed by atoms with Crippen LogP contribution in [-0.4, -0.2) is 30.3 Å². The number of halogens is 1. The number of benzene rings is 5. The van der Waals surface area contributed by atoms with Gasteiger partial charge in [0.15, 0.2) is 5.78 Å². The monoisotopic (exact) mass is 858 g/mol. The number of rotatable bonds is 20. The lowest BCUT2D eigenvalue weighted by atomic mass is 9.76. The van der Waals surface area contributed by atoms with Crippen LogP contribution in [0.2, 0.25) is 5.02 Å². The van der Waals surface area contributed by atoms with E-state index in [1.54, 1.807) is 51.1 Å². The molecule has 9 heteroatoms. The number of amides is 2. The van der Waals surface area contributed by atoms with Crippen LogP contribution in [0.5, 0.6) is 17.2 Å². The summed E-state index contributed by atoms with van der Waals surface area (Å²) < 4.78 is 18.3. The molecule has 8 nitrogen and oxygen atoms in total. The molecule has 1 atom stereocenters. The Morgan fingerprint density at radius 2 is 1.29 bits per heavy atom. The maximum absolute atomic E-state index is 13.8. The van der Waals surface area contributed by atoms with E-state index in [4.69, 9.17) is 25.8 Å². The Morgan fingerprint density at radius 3 is 1.90 bits per heavy atom. The minimum atomic E-state index is -1.46. The van der Waals surface area contributed by atoms with Crippen LogP contribution in [0, 0.1) is 5.41 Å². The van der Waals surface area contributed by atoms with E-state index in [0.717, 1.165) is 41.0 Å². The molecule has 5 aromatic rings. The Bertz CT molecular complexity index is 2280. The highest BCUT2D eigenvalue weighted by atomic mass is 35.5. The number of ether oxygens (including phenoxy) is 3. The third kappa shape index (κ3) is 13.2. The van der Waals surface area contributed by atoms with Crippen molar-refractivity contribution in [3.05, 3.63) is 148 Å². The number of anilines is 2. The van der Waals surface area contributed by atoms with Gasteiger partial charge in [-0.05, 0) is 107 Å². The number of hydrogen-bond acceptors (Lipinski definition) is 6. The molecule has 0 aliphatic heterocycles. The highest BCUT2D eigenvalue weighted by molar-refractivity contribution is 6.34. The minimum Gasteiger partial charge on any atom is -0.493 e. The fourth-order valence-electron chi connectivity index (χ4n) is 6.66. The van der Waals surface area contributed by atoms with Crippen LogP contribution in [0.4, 0.5) is 11.4 Å². The predicted molar refractivity (Wildman–Crippen MR) is 252 cm³/mol. The second-order valence-electron chi connectivity index (χ2n) is 18.2. The summed E-state index contributed by atoms with van der Waals surface area (Å²) in [5, 5.41) is 5.92. The molecule has 0 aliphatic rings. The Kier molecular flexibility index (Phi) is 16.1. The van der Waals surface area contributed by atoms with Gasteiger partial charge in [0, 0.05) is 23.1 Å². The van der Waals surface area contributed by atoms with Gasteiger partial charge >= 0.3 is 0 Å². The summed E-state index contributed by atoms with van der Waals surface area (Å²) in [7, 11) is 0. The lowest BCUT2D eigenvalue weighted by molar-refractivity contribution is -0.140. The SMILES string of the molecule is CCC(C)(C)c1ccc(OCCCC(=O)Nc2ccc(Cl)c(NC(=O)C(Oc3ccc(Cc4ccc(OCc5ccccc5)cc4)cc3)C(=O)C(C)(C)C)c2)c(C(C)(C)CC)c1. The number of nitrogens with one attached hydrogen (secondary N) is 2. The van der Waals surface area contributed by atoms with Crippen molar-refractivity contribution in [2.45, 2.75) is 118 Å². The zero-order valence-corrected chi connectivity index (χ0v) is 38.6. The van der Waals surface area contributed by atoms with Crippen molar-refractivity contribution in [2.75, 3.05) is 17.2 Å². The van der Waals surface area contributed by atoms with Gasteiger partial charge in [-0.3, -0.25) is 14.4 Å². The molecular weight excluding hydrogens is 796 g/mol. The molecule has 2 N–H and O–H groups in total. The maximum Gasteiger partial charge on any atom is 0.273 e. The highest BCUT2D eigenvalue weighted by Crippen LogP contribution is 2.39. The summed E-state index contributed by atoms with van der Waals surface area (Å²) in [5.41, 5.74) is 5.49. The zero-order valence-electron chi connectivity index (χ0n) is 37.8. The molecule has 62 heavy (non-hydrogen) atoms. The molecule has 0 fully saturated rings. The molecule has 0 spiro atoms. The van der Waals surface area contributed by atoms with E-state index < -0.39 is 23.2 Å². The van der Waals surface area contributed by atoms with Crippen LogP contribution in [0.25, 0.3) is 0 Å². The zero-order chi connectivity index (χ0) is 45.1. The number of Topliss-reactive ketones (excluding diaryl/α,β-unsaturated/α-hetero) is 1. The van der Waals surface area contributed by atoms with Gasteiger partial charge in [-0.25, -0.2) is 0 Å². The lowest BCUT2D eigenvalue weighted by Crippen LogP contribution is -2.45. The van der Waals surface area contributed by atoms with Gasteiger partial charge in [0.05, 0.1) is 17.3 Å². The van der Waals surface area contributed by atoms with Crippen LogP contribution in [0.1, 0.15) is 116 Å². The van der Waals surface area contributed by atoms with Crippen molar-refractivity contribution >= 4 is 40.6 Å². The van der Waals surface area contributed by atoms with E-state index in [2.05, 4.69) is 70.4 Å². The van der Waals surface area contributed by atoms with E-state index in [1.165, 1.54) is 11.1 Å². The molecule has 5 aromatic carbocycles. The Labute approximate surface area is 373 Å². The summed E-state index contributed by atoms with van der Waals surface area (Å²) in [6, 6.07) is 36.7. The second-order valence-corrected chi connectivity index (χ2v) is 18.6. The Balaban J connectivity index is 1.17. The van der Waals surface area contributed by atoms with Crippen LogP contribution < -0.4 is 24.8 Å². The van der Waals surface area contributed by atoms with Gasteiger partial charge in [0.25, 0.3) is 5.91 Å². The molecule has 0 radical (unpaired) electrons. The average Bonchev–Trinajstić information content (AvgIpc) is 3.25. The van der Waals surface area contributed by atoms with Gasteiger partial charge in [-0.15, -0.1) is 0 Å². The van der Waals surface area contributed by atoms with Crippen molar-refractivity contribution in [2.24, 2.45) is 5.41 Å². The first kappa shape index (κ1) is 47.4. The summed E-state index contributed by atoms with van der Waals surface area (Å²) in [6.07, 6.45) is 1.93. The number of ketones is 1. The topological polar surface area (TPSA) is 103 Å². The molecule has 2 amide bonds.